The van der Waals surface area contributed by atoms with Crippen LogP contribution < -0.4 is 4.90 Å². The summed E-state index contributed by atoms with van der Waals surface area (Å²) in [5, 5.41) is 5.39. The average molecular weight is 457 g/mol. The molecule has 1 fully saturated rings. The van der Waals surface area contributed by atoms with Gasteiger partial charge in [-0.25, -0.2) is 9.67 Å². The number of rotatable bonds is 5. The van der Waals surface area contributed by atoms with E-state index in [1.165, 1.54) is 11.8 Å². The Bertz CT molecular complexity index is 1250. The number of thioether (sulfide) groups is 1. The second kappa shape index (κ2) is 8.15. The van der Waals surface area contributed by atoms with Crippen molar-refractivity contribution in [2.24, 2.45) is 0 Å². The number of carbonyl (C=O) groups excluding carboxylic acids is 1. The molecule has 1 aliphatic heterocycles. The van der Waals surface area contributed by atoms with Crippen molar-refractivity contribution >= 4 is 40.8 Å². The molecule has 5 nitrogen and oxygen atoms in total. The van der Waals surface area contributed by atoms with E-state index in [0.717, 1.165) is 45.5 Å². The summed E-state index contributed by atoms with van der Waals surface area (Å²) in [5.41, 5.74) is 2.88. The summed E-state index contributed by atoms with van der Waals surface area (Å²) in [6.07, 6.45) is 2.29. The lowest BCUT2D eigenvalue weighted by molar-refractivity contribution is -0.115. The van der Waals surface area contributed by atoms with Gasteiger partial charge in [-0.15, -0.1) is 5.10 Å². The van der Waals surface area contributed by atoms with Gasteiger partial charge in [0.05, 0.1) is 22.8 Å². The Hall–Kier alpha value is -3.03. The number of aromatic nitrogens is 3. The molecule has 0 N–H and O–H groups in total. The van der Waals surface area contributed by atoms with Gasteiger partial charge in [0.15, 0.2) is 0 Å². The number of fused-ring (bicyclic) bond motifs is 2. The van der Waals surface area contributed by atoms with Crippen LogP contribution in [0.2, 0.25) is 0 Å². The summed E-state index contributed by atoms with van der Waals surface area (Å²) in [7, 11) is 0. The predicted molar refractivity (Wildman–Crippen MR) is 128 cm³/mol. The third-order valence-electron chi connectivity index (χ3n) is 5.56. The van der Waals surface area contributed by atoms with E-state index in [9.17, 15) is 4.79 Å². The number of hydrogen-bond acceptors (Lipinski definition) is 5. The minimum Gasteiger partial charge on any atom is -0.278 e. The summed E-state index contributed by atoms with van der Waals surface area (Å²) in [6, 6.07) is 26.2. The van der Waals surface area contributed by atoms with Crippen LogP contribution in [0.5, 0.6) is 0 Å². The number of benzene rings is 3. The van der Waals surface area contributed by atoms with Crippen LogP contribution >= 0.6 is 23.5 Å². The maximum absolute atomic E-state index is 13.4. The lowest BCUT2D eigenvalue weighted by Gasteiger charge is -2.30. The normalized spacial score (nSPS) is 14.7. The van der Waals surface area contributed by atoms with Crippen molar-refractivity contribution < 1.29 is 4.79 Å². The van der Waals surface area contributed by atoms with Gasteiger partial charge in [-0.3, -0.25) is 9.69 Å². The molecule has 2 heterocycles. The lowest BCUT2D eigenvalue weighted by Crippen LogP contribution is -2.30. The fraction of sp³-hybridized carbons (Fsp3) is 0.160. The van der Waals surface area contributed by atoms with E-state index in [2.05, 4.69) is 12.1 Å². The lowest BCUT2D eigenvalue weighted by atomic mass is 10.2. The first kappa shape index (κ1) is 19.6. The number of hydrogen-bond donors (Lipinski definition) is 0. The zero-order valence-electron chi connectivity index (χ0n) is 17.2. The highest BCUT2D eigenvalue weighted by molar-refractivity contribution is 8.00. The van der Waals surface area contributed by atoms with Crippen LogP contribution in [-0.2, 0) is 4.79 Å². The molecule has 0 unspecified atom stereocenters. The number of amides is 1. The fourth-order valence-electron chi connectivity index (χ4n) is 3.89. The zero-order valence-corrected chi connectivity index (χ0v) is 18.9. The van der Waals surface area contributed by atoms with Crippen molar-refractivity contribution in [3.63, 3.8) is 0 Å². The first-order valence-electron chi connectivity index (χ1n) is 10.6. The monoisotopic (exact) mass is 456 g/mol. The molecule has 0 bridgehead atoms. The van der Waals surface area contributed by atoms with Gasteiger partial charge in [-0.1, -0.05) is 66.0 Å². The summed E-state index contributed by atoms with van der Waals surface area (Å²) >= 11 is 3.11. The number of nitrogens with zero attached hydrogens (tertiary/aromatic N) is 4. The second-order valence-electron chi connectivity index (χ2n) is 7.83. The molecule has 158 valence electrons. The molecule has 32 heavy (non-hydrogen) atoms. The standard InChI is InChI=1S/C25H20N4OS2/c30-23(28-19-10-4-6-12-21(19)32-22-13-7-5-11-20(22)28)16-31-25-26-24(17-14-15-17)29(27-25)18-8-2-1-3-9-18/h1-13,17H,14-16H2. The van der Waals surface area contributed by atoms with E-state index in [-0.39, 0.29) is 11.7 Å². The van der Waals surface area contributed by atoms with Crippen molar-refractivity contribution in [1.82, 2.24) is 14.8 Å². The highest BCUT2D eigenvalue weighted by Gasteiger charge is 2.31. The maximum Gasteiger partial charge on any atom is 0.242 e. The highest BCUT2D eigenvalue weighted by atomic mass is 32.2. The van der Waals surface area contributed by atoms with E-state index >= 15 is 0 Å². The number of carbonyl (C=O) groups is 1. The Balaban J connectivity index is 1.27. The van der Waals surface area contributed by atoms with Crippen molar-refractivity contribution in [3.8, 4) is 5.69 Å². The van der Waals surface area contributed by atoms with Crippen LogP contribution in [0.15, 0.2) is 93.8 Å². The zero-order chi connectivity index (χ0) is 21.5. The Morgan fingerprint density at radius 1 is 0.906 bits per heavy atom. The minimum atomic E-state index is 0.0271. The Morgan fingerprint density at radius 2 is 1.53 bits per heavy atom. The first-order valence-corrected chi connectivity index (χ1v) is 12.4. The van der Waals surface area contributed by atoms with Crippen molar-refractivity contribution in [2.75, 3.05) is 10.7 Å². The Kier molecular flexibility index (Phi) is 5.00. The van der Waals surface area contributed by atoms with E-state index < -0.39 is 0 Å². The summed E-state index contributed by atoms with van der Waals surface area (Å²) in [5.74, 6) is 1.76. The summed E-state index contributed by atoms with van der Waals surface area (Å²) in [6.45, 7) is 0. The van der Waals surface area contributed by atoms with Gasteiger partial charge in [-0.2, -0.15) is 0 Å². The molecule has 7 heteroatoms. The molecule has 6 rings (SSSR count). The van der Waals surface area contributed by atoms with Gasteiger partial charge in [-0.05, 0) is 49.2 Å². The number of para-hydroxylation sites is 3. The van der Waals surface area contributed by atoms with Gasteiger partial charge in [0.25, 0.3) is 0 Å². The molecular formula is C25H20N4OS2. The Labute approximate surface area is 194 Å². The molecule has 0 spiro atoms. The van der Waals surface area contributed by atoms with Gasteiger partial charge >= 0.3 is 0 Å². The van der Waals surface area contributed by atoms with Crippen molar-refractivity contribution in [1.29, 1.82) is 0 Å². The largest absolute Gasteiger partial charge is 0.278 e. The van der Waals surface area contributed by atoms with Crippen molar-refractivity contribution in [3.05, 3.63) is 84.7 Å². The number of anilines is 2. The molecular weight excluding hydrogens is 436 g/mol. The predicted octanol–water partition coefficient (Wildman–Crippen LogP) is 6.07. The van der Waals surface area contributed by atoms with E-state index in [4.69, 9.17) is 10.1 Å². The SMILES string of the molecule is O=C(CSc1nc(C2CC2)n(-c2ccccc2)n1)N1c2ccccc2Sc2ccccc21. The third-order valence-corrected chi connectivity index (χ3v) is 7.52. The molecule has 0 saturated heterocycles. The third kappa shape index (κ3) is 3.61. The van der Waals surface area contributed by atoms with Crippen LogP contribution in [0.1, 0.15) is 24.6 Å². The quantitative estimate of drug-likeness (QED) is 0.341. The molecule has 1 amide bonds. The molecule has 1 saturated carbocycles. The first-order chi connectivity index (χ1) is 15.8. The van der Waals surface area contributed by atoms with Crippen LogP contribution in [0.25, 0.3) is 5.69 Å². The molecule has 1 aliphatic carbocycles. The topological polar surface area (TPSA) is 51.0 Å². The van der Waals surface area contributed by atoms with Gasteiger partial charge in [0.1, 0.15) is 5.82 Å². The molecule has 1 aromatic heterocycles. The van der Waals surface area contributed by atoms with Crippen LogP contribution in [-0.4, -0.2) is 26.4 Å². The summed E-state index contributed by atoms with van der Waals surface area (Å²) in [4.78, 5) is 22.2. The molecule has 0 atom stereocenters. The molecule has 2 aliphatic rings. The highest BCUT2D eigenvalue weighted by Crippen LogP contribution is 2.48. The van der Waals surface area contributed by atoms with Gasteiger partial charge in [0, 0.05) is 15.7 Å². The Morgan fingerprint density at radius 3 is 2.19 bits per heavy atom. The van der Waals surface area contributed by atoms with Crippen LogP contribution in [0.3, 0.4) is 0 Å². The molecule has 3 aromatic carbocycles. The van der Waals surface area contributed by atoms with Gasteiger partial charge in [0.2, 0.25) is 11.1 Å². The minimum absolute atomic E-state index is 0.0271. The smallest absolute Gasteiger partial charge is 0.242 e. The molecule has 4 aromatic rings. The van der Waals surface area contributed by atoms with Crippen LogP contribution in [0.4, 0.5) is 11.4 Å². The maximum atomic E-state index is 13.4. The van der Waals surface area contributed by atoms with E-state index in [1.54, 1.807) is 11.8 Å². The summed E-state index contributed by atoms with van der Waals surface area (Å²) < 4.78 is 1.94. The fourth-order valence-corrected chi connectivity index (χ4v) is 5.63. The van der Waals surface area contributed by atoms with E-state index in [0.29, 0.717) is 11.1 Å². The average Bonchev–Trinajstić information content (AvgIpc) is 3.60. The van der Waals surface area contributed by atoms with Crippen LogP contribution in [0, 0.1) is 0 Å². The van der Waals surface area contributed by atoms with E-state index in [1.807, 2.05) is 76.3 Å². The van der Waals surface area contributed by atoms with Crippen molar-refractivity contribution in [2.45, 2.75) is 33.7 Å². The van der Waals surface area contributed by atoms with Gasteiger partial charge < -0.3 is 0 Å². The molecule has 0 radical (unpaired) electrons. The second-order valence-corrected chi connectivity index (χ2v) is 9.86.